The molecule has 2 aromatic heterocycles. The van der Waals surface area contributed by atoms with E-state index in [-0.39, 0.29) is 31.1 Å². The van der Waals surface area contributed by atoms with Crippen LogP contribution in [0, 0.1) is 18.1 Å². The Morgan fingerprint density at radius 2 is 1.65 bits per heavy atom. The largest absolute Gasteiger partial charge is 0.355 e. The van der Waals surface area contributed by atoms with Crippen molar-refractivity contribution < 1.29 is 20.1 Å². The maximum absolute atomic E-state index is 5.01. The second kappa shape index (κ2) is 11.3. The molecule has 5 aromatic rings. The maximum Gasteiger partial charge on any atom is 0.0777 e. The zero-order valence-corrected chi connectivity index (χ0v) is 28.1. The number of para-hydroxylation sites is 1. The van der Waals surface area contributed by atoms with Gasteiger partial charge >= 0.3 is 0 Å². The first kappa shape index (κ1) is 29.7. The minimum absolute atomic E-state index is 0. The SMILES string of the molecule is CC1(C)C=C(C2CCCC2)c2cccc3nc(-c4[c-]cccc4)n1c23.CC1c2cccnc2-c2[c-]cccc2C1(C)C.[Ir]. The predicted octanol–water partition coefficient (Wildman–Crippen LogP) is 9.77. The average Bonchev–Trinajstić information content (AvgIpc) is 3.69. The van der Waals surface area contributed by atoms with E-state index in [0.717, 1.165) is 22.6 Å². The molecule has 8 rings (SSSR count). The van der Waals surface area contributed by atoms with Crippen LogP contribution >= 0.6 is 0 Å². The van der Waals surface area contributed by atoms with Crippen LogP contribution in [0.15, 0.2) is 85.1 Å². The van der Waals surface area contributed by atoms with Crippen molar-refractivity contribution in [2.24, 2.45) is 5.92 Å². The van der Waals surface area contributed by atoms with Gasteiger partial charge in [0.05, 0.1) is 22.4 Å². The molecule has 1 saturated carbocycles. The van der Waals surface area contributed by atoms with Crippen molar-refractivity contribution in [3.63, 3.8) is 0 Å². The Balaban J connectivity index is 0.000000161. The molecule has 0 N–H and O–H groups in total. The fraction of sp³-hybridized carbons (Fsp3) is 0.333. The molecular formula is C39H39IrN3-2. The van der Waals surface area contributed by atoms with Gasteiger partial charge in [0.1, 0.15) is 0 Å². The third kappa shape index (κ3) is 4.93. The Bertz CT molecular complexity index is 1810. The van der Waals surface area contributed by atoms with Crippen molar-refractivity contribution in [1.82, 2.24) is 14.5 Å². The Hall–Kier alpha value is -3.33. The van der Waals surface area contributed by atoms with Crippen molar-refractivity contribution in [2.45, 2.75) is 77.2 Å². The zero-order chi connectivity index (χ0) is 29.1. The molecule has 3 aliphatic rings. The molecule has 1 atom stereocenters. The minimum atomic E-state index is -0.0833. The molecular weight excluding hydrogens is 703 g/mol. The summed E-state index contributed by atoms with van der Waals surface area (Å²) in [5.74, 6) is 2.21. The van der Waals surface area contributed by atoms with Crippen molar-refractivity contribution in [3.05, 3.63) is 114 Å². The number of nitrogens with zero attached hydrogens (tertiary/aromatic N) is 3. The fourth-order valence-electron chi connectivity index (χ4n) is 7.50. The van der Waals surface area contributed by atoms with Gasteiger partial charge in [-0.25, -0.2) is 0 Å². The quantitative estimate of drug-likeness (QED) is 0.169. The van der Waals surface area contributed by atoms with Crippen LogP contribution in [0.25, 0.3) is 39.3 Å². The van der Waals surface area contributed by atoms with Gasteiger partial charge in [-0.05, 0) is 67.3 Å². The Kier molecular flexibility index (Phi) is 7.82. The smallest absolute Gasteiger partial charge is 0.0777 e. The molecule has 3 heterocycles. The molecule has 0 spiro atoms. The van der Waals surface area contributed by atoms with Crippen LogP contribution in [0.4, 0.5) is 0 Å². The van der Waals surface area contributed by atoms with Crippen LogP contribution in [-0.2, 0) is 31.1 Å². The van der Waals surface area contributed by atoms with E-state index < -0.39 is 0 Å². The van der Waals surface area contributed by atoms with E-state index in [2.05, 4.69) is 111 Å². The second-order valence-corrected chi connectivity index (χ2v) is 13.3. The summed E-state index contributed by atoms with van der Waals surface area (Å²) >= 11 is 0. The minimum Gasteiger partial charge on any atom is -0.355 e. The van der Waals surface area contributed by atoms with E-state index in [1.54, 1.807) is 5.57 Å². The molecule has 1 radical (unpaired) electrons. The number of rotatable bonds is 2. The molecule has 3 nitrogen and oxygen atoms in total. The third-order valence-corrected chi connectivity index (χ3v) is 9.99. The first-order valence-corrected chi connectivity index (χ1v) is 15.5. The summed E-state index contributed by atoms with van der Waals surface area (Å²) < 4.78 is 2.42. The summed E-state index contributed by atoms with van der Waals surface area (Å²) in [4.78, 5) is 9.55. The van der Waals surface area contributed by atoms with E-state index >= 15 is 0 Å². The maximum atomic E-state index is 5.01. The van der Waals surface area contributed by atoms with Crippen molar-refractivity contribution >= 4 is 16.6 Å². The first-order valence-electron chi connectivity index (χ1n) is 15.5. The number of benzene rings is 3. The zero-order valence-electron chi connectivity index (χ0n) is 25.7. The summed E-state index contributed by atoms with van der Waals surface area (Å²) in [6, 6.07) is 32.0. The second-order valence-electron chi connectivity index (χ2n) is 13.3. The van der Waals surface area contributed by atoms with Crippen LogP contribution in [0.3, 0.4) is 0 Å². The van der Waals surface area contributed by atoms with E-state index in [1.165, 1.54) is 53.5 Å². The summed E-state index contributed by atoms with van der Waals surface area (Å²) in [6.07, 6.45) is 9.74. The third-order valence-electron chi connectivity index (χ3n) is 9.99. The van der Waals surface area contributed by atoms with Gasteiger partial charge in [0, 0.05) is 31.9 Å². The number of hydrogen-bond donors (Lipinski definition) is 0. The number of imidazole rings is 1. The number of fused-ring (bicyclic) bond motifs is 3. The molecule has 2 aliphatic carbocycles. The number of allylic oxidation sites excluding steroid dienone is 2. The van der Waals surface area contributed by atoms with E-state index in [4.69, 9.17) is 4.98 Å². The molecule has 3 aromatic carbocycles. The fourth-order valence-corrected chi connectivity index (χ4v) is 7.50. The summed E-state index contributed by atoms with van der Waals surface area (Å²) in [5.41, 5.74) is 11.4. The molecule has 0 amide bonds. The van der Waals surface area contributed by atoms with Gasteiger partial charge in [-0.2, -0.15) is 0 Å². The van der Waals surface area contributed by atoms with Crippen LogP contribution in [0.2, 0.25) is 0 Å². The molecule has 1 fully saturated rings. The van der Waals surface area contributed by atoms with Gasteiger partial charge in [0.2, 0.25) is 0 Å². The van der Waals surface area contributed by atoms with Crippen molar-refractivity contribution in [2.75, 3.05) is 0 Å². The molecule has 1 aliphatic heterocycles. The van der Waals surface area contributed by atoms with Gasteiger partial charge in [0.15, 0.2) is 0 Å². The summed E-state index contributed by atoms with van der Waals surface area (Å²) in [7, 11) is 0. The van der Waals surface area contributed by atoms with Gasteiger partial charge in [-0.1, -0.05) is 63.5 Å². The van der Waals surface area contributed by atoms with E-state index in [1.807, 2.05) is 30.5 Å². The molecule has 221 valence electrons. The Morgan fingerprint density at radius 1 is 0.860 bits per heavy atom. The number of hydrogen-bond acceptors (Lipinski definition) is 2. The topological polar surface area (TPSA) is 30.7 Å². The van der Waals surface area contributed by atoms with E-state index in [0.29, 0.717) is 11.8 Å². The van der Waals surface area contributed by atoms with Gasteiger partial charge < -0.3 is 9.55 Å². The standard InChI is InChI=1S/C23H23N2.C16H16N.Ir/c1-23(2)15-19(16-9-6-7-10-16)18-13-8-14-20-21(18)25(23)22(24-20)17-11-4-3-5-12-17;1-11-12-8-6-10-17-15(12)13-7-4-5-9-14(13)16(11,2)3;/h3-5,8,11,13-16H,6-7,9-10H2,1-2H3;4-6,8-11H,1-3H3;/q2*-1;. The molecule has 4 heteroatoms. The van der Waals surface area contributed by atoms with Crippen LogP contribution < -0.4 is 0 Å². The Labute approximate surface area is 269 Å². The predicted molar refractivity (Wildman–Crippen MR) is 173 cm³/mol. The molecule has 0 saturated heterocycles. The van der Waals surface area contributed by atoms with Gasteiger partial charge in [-0.3, -0.25) is 4.98 Å². The Morgan fingerprint density at radius 3 is 2.42 bits per heavy atom. The molecule has 1 unspecified atom stereocenters. The number of pyridine rings is 1. The van der Waals surface area contributed by atoms with Gasteiger partial charge in [-0.15, -0.1) is 71.3 Å². The molecule has 43 heavy (non-hydrogen) atoms. The van der Waals surface area contributed by atoms with Gasteiger partial charge in [0.25, 0.3) is 0 Å². The normalized spacial score (nSPS) is 19.4. The molecule has 0 bridgehead atoms. The van der Waals surface area contributed by atoms with Crippen LogP contribution in [0.1, 0.15) is 82.9 Å². The first-order chi connectivity index (χ1) is 20.3. The van der Waals surface area contributed by atoms with Crippen molar-refractivity contribution in [1.29, 1.82) is 0 Å². The van der Waals surface area contributed by atoms with Crippen molar-refractivity contribution in [3.8, 4) is 22.6 Å². The summed E-state index contributed by atoms with van der Waals surface area (Å²) in [6.45, 7) is 11.5. The van der Waals surface area contributed by atoms with E-state index in [9.17, 15) is 0 Å². The monoisotopic (exact) mass is 742 g/mol. The average molecular weight is 742 g/mol. The van der Waals surface area contributed by atoms with Crippen LogP contribution in [-0.4, -0.2) is 14.5 Å². The number of aromatic nitrogens is 3. The summed E-state index contributed by atoms with van der Waals surface area (Å²) in [5, 5.41) is 0. The van der Waals surface area contributed by atoms with Crippen LogP contribution in [0.5, 0.6) is 0 Å².